The summed E-state index contributed by atoms with van der Waals surface area (Å²) in [6, 6.07) is 0. The normalized spacial score (nSPS) is 17.8. The van der Waals surface area contributed by atoms with Gasteiger partial charge in [-0.1, -0.05) is 25.9 Å². The average molecular weight is 179 g/mol. The fourth-order valence-electron chi connectivity index (χ4n) is 1.94. The van der Waals surface area contributed by atoms with Crippen LogP contribution in [-0.2, 0) is 5.41 Å². The molecule has 0 atom stereocenters. The summed E-state index contributed by atoms with van der Waals surface area (Å²) in [5, 5.41) is 4.17. The molecule has 0 unspecified atom stereocenters. The zero-order valence-corrected chi connectivity index (χ0v) is 8.85. The van der Waals surface area contributed by atoms with Gasteiger partial charge < -0.3 is 4.52 Å². The lowest BCUT2D eigenvalue weighted by molar-refractivity contribution is 0.387. The van der Waals surface area contributed by atoms with Crippen LogP contribution in [0.4, 0.5) is 0 Å². The third-order valence-electron chi connectivity index (χ3n) is 2.60. The number of aromatic nitrogens is 1. The fourth-order valence-corrected chi connectivity index (χ4v) is 1.94. The highest BCUT2D eigenvalue weighted by Gasteiger charge is 2.34. The lowest BCUT2D eigenvalue weighted by atomic mass is 9.84. The summed E-state index contributed by atoms with van der Waals surface area (Å²) in [6.07, 6.45) is 2.57. The first kappa shape index (κ1) is 8.79. The van der Waals surface area contributed by atoms with Crippen molar-refractivity contribution in [2.24, 2.45) is 0 Å². The molecule has 1 aliphatic carbocycles. The number of hydrogen-bond acceptors (Lipinski definition) is 2. The van der Waals surface area contributed by atoms with E-state index in [9.17, 15) is 0 Å². The first-order valence-corrected chi connectivity index (χ1v) is 4.97. The molecule has 0 saturated heterocycles. The molecule has 0 spiro atoms. The molecule has 72 valence electrons. The molecule has 0 radical (unpaired) electrons. The van der Waals surface area contributed by atoms with E-state index in [2.05, 4.69) is 25.9 Å². The molecule has 1 saturated carbocycles. The maximum Gasteiger partial charge on any atom is 0.137 e. The van der Waals surface area contributed by atoms with Gasteiger partial charge in [-0.25, -0.2) is 0 Å². The molecule has 1 fully saturated rings. The zero-order chi connectivity index (χ0) is 9.64. The molecular formula is C11H17NO. The van der Waals surface area contributed by atoms with Crippen LogP contribution in [0, 0.1) is 6.92 Å². The van der Waals surface area contributed by atoms with Crippen molar-refractivity contribution in [2.75, 3.05) is 0 Å². The third kappa shape index (κ3) is 1.50. The molecule has 0 amide bonds. The minimum atomic E-state index is 0.169. The summed E-state index contributed by atoms with van der Waals surface area (Å²) < 4.78 is 5.27. The van der Waals surface area contributed by atoms with Gasteiger partial charge in [0.2, 0.25) is 0 Å². The van der Waals surface area contributed by atoms with E-state index in [1.54, 1.807) is 0 Å². The Bertz CT molecular complexity index is 315. The second-order valence-electron chi connectivity index (χ2n) is 5.02. The van der Waals surface area contributed by atoms with Crippen molar-refractivity contribution in [3.8, 4) is 0 Å². The highest BCUT2D eigenvalue weighted by Crippen LogP contribution is 2.44. The van der Waals surface area contributed by atoms with Gasteiger partial charge in [0.25, 0.3) is 0 Å². The molecule has 1 aliphatic rings. The Morgan fingerprint density at radius 2 is 1.92 bits per heavy atom. The number of nitrogens with zero attached hydrogens (tertiary/aromatic N) is 1. The zero-order valence-electron chi connectivity index (χ0n) is 8.85. The van der Waals surface area contributed by atoms with Gasteiger partial charge in [-0.15, -0.1) is 0 Å². The predicted octanol–water partition coefficient (Wildman–Crippen LogP) is 3.16. The summed E-state index contributed by atoms with van der Waals surface area (Å²) in [5.41, 5.74) is 2.71. The molecule has 0 aliphatic heterocycles. The van der Waals surface area contributed by atoms with E-state index < -0.39 is 0 Å². The molecule has 1 heterocycles. The Morgan fingerprint density at radius 1 is 1.31 bits per heavy atom. The maximum absolute atomic E-state index is 5.27. The monoisotopic (exact) mass is 179 g/mol. The maximum atomic E-state index is 5.27. The number of hydrogen-bond donors (Lipinski definition) is 0. The van der Waals surface area contributed by atoms with E-state index >= 15 is 0 Å². The molecule has 2 nitrogen and oxygen atoms in total. The first-order valence-electron chi connectivity index (χ1n) is 4.97. The molecule has 2 rings (SSSR count). The topological polar surface area (TPSA) is 26.0 Å². The van der Waals surface area contributed by atoms with Crippen LogP contribution in [-0.4, -0.2) is 5.16 Å². The predicted molar refractivity (Wildman–Crippen MR) is 51.9 cm³/mol. The van der Waals surface area contributed by atoms with Gasteiger partial charge in [-0.2, -0.15) is 0 Å². The van der Waals surface area contributed by atoms with Crippen molar-refractivity contribution >= 4 is 0 Å². The summed E-state index contributed by atoms with van der Waals surface area (Å²) in [6.45, 7) is 8.68. The van der Waals surface area contributed by atoms with E-state index in [4.69, 9.17) is 4.52 Å². The van der Waals surface area contributed by atoms with Crippen molar-refractivity contribution in [3.05, 3.63) is 17.0 Å². The van der Waals surface area contributed by atoms with E-state index in [0.29, 0.717) is 5.92 Å². The second-order valence-corrected chi connectivity index (χ2v) is 5.02. The smallest absolute Gasteiger partial charge is 0.137 e. The van der Waals surface area contributed by atoms with Gasteiger partial charge in [0.05, 0.1) is 5.69 Å². The highest BCUT2D eigenvalue weighted by atomic mass is 16.5. The van der Waals surface area contributed by atoms with E-state index in [1.165, 1.54) is 24.1 Å². The minimum Gasteiger partial charge on any atom is -0.361 e. The van der Waals surface area contributed by atoms with Crippen LogP contribution in [0.1, 0.15) is 56.5 Å². The third-order valence-corrected chi connectivity index (χ3v) is 2.60. The molecule has 1 aromatic heterocycles. The van der Waals surface area contributed by atoms with Gasteiger partial charge in [0.15, 0.2) is 0 Å². The van der Waals surface area contributed by atoms with Crippen LogP contribution in [0.5, 0.6) is 0 Å². The summed E-state index contributed by atoms with van der Waals surface area (Å²) in [7, 11) is 0. The molecule has 0 N–H and O–H groups in total. The van der Waals surface area contributed by atoms with Crippen molar-refractivity contribution in [2.45, 2.75) is 51.9 Å². The van der Waals surface area contributed by atoms with Gasteiger partial charge in [0.1, 0.15) is 5.76 Å². The molecule has 0 aromatic carbocycles. The van der Waals surface area contributed by atoms with Crippen LogP contribution in [0.3, 0.4) is 0 Å². The quantitative estimate of drug-likeness (QED) is 0.661. The van der Waals surface area contributed by atoms with Crippen molar-refractivity contribution in [1.82, 2.24) is 5.16 Å². The largest absolute Gasteiger partial charge is 0.361 e. The Labute approximate surface area is 79.3 Å². The Hall–Kier alpha value is -0.790. The summed E-state index contributed by atoms with van der Waals surface area (Å²) >= 11 is 0. The van der Waals surface area contributed by atoms with Gasteiger partial charge in [-0.3, -0.25) is 0 Å². The van der Waals surface area contributed by atoms with Gasteiger partial charge in [-0.05, 0) is 25.2 Å². The van der Waals surface area contributed by atoms with Crippen molar-refractivity contribution < 1.29 is 4.52 Å². The molecular weight excluding hydrogens is 162 g/mol. The minimum absolute atomic E-state index is 0.169. The van der Waals surface area contributed by atoms with Crippen LogP contribution < -0.4 is 0 Å². The van der Waals surface area contributed by atoms with Crippen LogP contribution >= 0.6 is 0 Å². The van der Waals surface area contributed by atoms with E-state index in [-0.39, 0.29) is 5.41 Å². The molecule has 2 heteroatoms. The number of aryl methyl sites for hydroxylation is 1. The summed E-state index contributed by atoms with van der Waals surface area (Å²) in [5.74, 6) is 1.68. The van der Waals surface area contributed by atoms with Gasteiger partial charge >= 0.3 is 0 Å². The fraction of sp³-hybridized carbons (Fsp3) is 0.727. The lowest BCUT2D eigenvalue weighted by Crippen LogP contribution is -2.14. The van der Waals surface area contributed by atoms with Crippen molar-refractivity contribution in [3.63, 3.8) is 0 Å². The molecule has 1 aromatic rings. The van der Waals surface area contributed by atoms with Crippen LogP contribution in [0.2, 0.25) is 0 Å². The number of rotatable bonds is 1. The Morgan fingerprint density at radius 3 is 2.38 bits per heavy atom. The van der Waals surface area contributed by atoms with E-state index in [0.717, 1.165) is 5.76 Å². The standard InChI is InChI=1S/C11H17NO/c1-7-9(11(2,3)4)10(12-13-7)8-5-6-8/h8H,5-6H2,1-4H3. The van der Waals surface area contributed by atoms with Crippen LogP contribution in [0.15, 0.2) is 4.52 Å². The SMILES string of the molecule is Cc1onc(C2CC2)c1C(C)(C)C. The van der Waals surface area contributed by atoms with Gasteiger partial charge in [0, 0.05) is 11.5 Å². The molecule has 13 heavy (non-hydrogen) atoms. The second kappa shape index (κ2) is 2.60. The first-order chi connectivity index (χ1) is 6.00. The van der Waals surface area contributed by atoms with Crippen molar-refractivity contribution in [1.29, 1.82) is 0 Å². The summed E-state index contributed by atoms with van der Waals surface area (Å²) in [4.78, 5) is 0. The Balaban J connectivity index is 2.46. The van der Waals surface area contributed by atoms with E-state index in [1.807, 2.05) is 6.92 Å². The molecule has 0 bridgehead atoms. The lowest BCUT2D eigenvalue weighted by Gasteiger charge is -2.18. The Kier molecular flexibility index (Phi) is 1.76. The highest BCUT2D eigenvalue weighted by molar-refractivity contribution is 5.34. The van der Waals surface area contributed by atoms with Crippen LogP contribution in [0.25, 0.3) is 0 Å². The average Bonchev–Trinajstić information content (AvgIpc) is 2.73.